The third-order valence-electron chi connectivity index (χ3n) is 5.63. The molecule has 17 heteroatoms. The van der Waals surface area contributed by atoms with Gasteiger partial charge in [-0.2, -0.15) is 31.4 Å². The van der Waals surface area contributed by atoms with Gasteiger partial charge in [-0.15, -0.1) is 0 Å². The third-order valence-corrected chi connectivity index (χ3v) is 6.78. The van der Waals surface area contributed by atoms with Crippen molar-refractivity contribution in [2.75, 3.05) is 11.6 Å². The van der Waals surface area contributed by atoms with E-state index in [1.54, 1.807) is 36.4 Å². The van der Waals surface area contributed by atoms with E-state index in [1.807, 2.05) is 0 Å². The Balaban J connectivity index is 0.000000676. The molecule has 4 rings (SSSR count). The summed E-state index contributed by atoms with van der Waals surface area (Å²) in [7, 11) is -3.48. The number of hydrogen-bond acceptors (Lipinski definition) is 6. The molecule has 0 radical (unpaired) electrons. The first-order valence-electron chi connectivity index (χ1n) is 11.9. The van der Waals surface area contributed by atoms with E-state index >= 15 is 0 Å². The average Bonchev–Trinajstić information content (AvgIpc) is 3.40. The number of aromatic nitrogens is 2. The molecule has 0 saturated carbocycles. The molecule has 0 aliphatic rings. The minimum absolute atomic E-state index is 0.0476. The van der Waals surface area contributed by atoms with Crippen molar-refractivity contribution in [2.45, 2.75) is 17.2 Å². The molecule has 0 unspecified atom stereocenters. The molecule has 0 saturated heterocycles. The number of hydrogen-bond donors (Lipinski definition) is 3. The minimum atomic E-state index is -5.19. The number of amidine groups is 1. The lowest BCUT2D eigenvalue weighted by molar-refractivity contribution is -0.344. The molecule has 0 spiro atoms. The quantitative estimate of drug-likeness (QED) is 0.164. The molecule has 5 N–H and O–H groups in total. The molecule has 1 heterocycles. The monoisotopic (exact) mass is 641 g/mol. The molecule has 1 amide bonds. The van der Waals surface area contributed by atoms with Crippen molar-refractivity contribution in [3.05, 3.63) is 95.8 Å². The number of sulfone groups is 1. The number of nitrogens with two attached hydrogens (primary N) is 2. The number of anilines is 1. The van der Waals surface area contributed by atoms with Crippen LogP contribution in [0.15, 0.2) is 83.8 Å². The second-order valence-electron chi connectivity index (χ2n) is 8.92. The van der Waals surface area contributed by atoms with E-state index < -0.39 is 39.8 Å². The fourth-order valence-corrected chi connectivity index (χ4v) is 4.56. The summed E-state index contributed by atoms with van der Waals surface area (Å²) in [4.78, 5) is 22.0. The van der Waals surface area contributed by atoms with Gasteiger partial charge in [0.15, 0.2) is 15.5 Å². The maximum atomic E-state index is 13.4. The molecule has 44 heavy (non-hydrogen) atoms. The lowest BCUT2D eigenvalue weighted by Crippen LogP contribution is -2.46. The van der Waals surface area contributed by atoms with Crippen molar-refractivity contribution < 1.29 is 54.9 Å². The summed E-state index contributed by atoms with van der Waals surface area (Å²) >= 11 is 0. The Labute approximate surface area is 245 Å². The van der Waals surface area contributed by atoms with Crippen LogP contribution >= 0.6 is 0 Å². The topological polar surface area (TPSA) is 173 Å². The van der Waals surface area contributed by atoms with Crippen molar-refractivity contribution in [1.29, 1.82) is 0 Å². The number of nitrogens with zero attached hydrogens (tertiary/aromatic N) is 2. The summed E-state index contributed by atoms with van der Waals surface area (Å²) in [5.41, 5.74) is 5.82. The van der Waals surface area contributed by atoms with Crippen LogP contribution in [0.1, 0.15) is 21.7 Å². The van der Waals surface area contributed by atoms with Crippen LogP contribution in [0.2, 0.25) is 0 Å². The molecular formula is C27H21F6N5O5S. The Morgan fingerprint density at radius 1 is 0.932 bits per heavy atom. The van der Waals surface area contributed by atoms with Crippen LogP contribution < -0.4 is 21.6 Å². The zero-order valence-electron chi connectivity index (χ0n) is 22.3. The Kier molecular flexibility index (Phi) is 9.53. The second-order valence-corrected chi connectivity index (χ2v) is 10.9. The fourth-order valence-electron chi connectivity index (χ4n) is 3.65. The number of alkyl halides is 6. The molecular weight excluding hydrogens is 620 g/mol. The van der Waals surface area contributed by atoms with Crippen molar-refractivity contribution in [3.8, 4) is 16.8 Å². The summed E-state index contributed by atoms with van der Waals surface area (Å²) in [6.07, 6.45) is -8.88. The number of halogens is 6. The molecule has 10 nitrogen and oxygen atoms in total. The van der Waals surface area contributed by atoms with Gasteiger partial charge in [-0.25, -0.2) is 13.1 Å². The van der Waals surface area contributed by atoms with Gasteiger partial charge in [-0.05, 0) is 42.0 Å². The van der Waals surface area contributed by atoms with Crippen LogP contribution in [0.25, 0.3) is 16.8 Å². The zero-order chi connectivity index (χ0) is 33.0. The molecule has 0 bridgehead atoms. The molecule has 0 atom stereocenters. The van der Waals surface area contributed by atoms with Crippen molar-refractivity contribution in [1.82, 2.24) is 9.78 Å². The van der Waals surface area contributed by atoms with E-state index in [1.165, 1.54) is 36.4 Å². The third kappa shape index (κ3) is 8.21. The van der Waals surface area contributed by atoms with Gasteiger partial charge in [0.1, 0.15) is 11.7 Å². The van der Waals surface area contributed by atoms with Gasteiger partial charge in [-0.3, -0.25) is 15.9 Å². The fraction of sp³-hybridized carbons (Fsp3) is 0.111. The summed E-state index contributed by atoms with van der Waals surface area (Å²) in [6, 6.07) is 19.3. The number of carbonyl (C=O) groups excluding carboxylic acids is 2. The first kappa shape index (κ1) is 33.3. The van der Waals surface area contributed by atoms with Crippen LogP contribution in [0.5, 0.6) is 0 Å². The number of rotatable bonds is 6. The van der Waals surface area contributed by atoms with Gasteiger partial charge in [0.2, 0.25) is 0 Å². The lowest BCUT2D eigenvalue weighted by Gasteiger charge is -2.11. The van der Waals surface area contributed by atoms with Crippen LogP contribution in [0.4, 0.5) is 32.0 Å². The first-order valence-corrected chi connectivity index (χ1v) is 13.8. The normalized spacial score (nSPS) is 11.7. The van der Waals surface area contributed by atoms with E-state index in [4.69, 9.17) is 21.0 Å². The standard InChI is InChI=1S/C25H20F3N5O3S.C2HF3O2/c1-37(35,36)21-8-3-2-7-19(21)15-9-11-17(12-10-15)31-24(34)20-14-22(25(26,27)28)32-33(20)18-6-4-5-16(13-18)23(29)30;3-2(4,5)1(6)7/h2-14H,1H3,(H3,29,30)(H,31,34);(H,6,7). The Morgan fingerprint density at radius 2 is 1.52 bits per heavy atom. The highest BCUT2D eigenvalue weighted by Crippen LogP contribution is 2.31. The van der Waals surface area contributed by atoms with Gasteiger partial charge in [-0.1, -0.05) is 36.4 Å². The van der Waals surface area contributed by atoms with Crippen LogP contribution in [0.3, 0.4) is 0 Å². The van der Waals surface area contributed by atoms with Gasteiger partial charge in [0, 0.05) is 23.6 Å². The molecule has 1 aromatic heterocycles. The molecule has 4 aromatic rings. The van der Waals surface area contributed by atoms with Gasteiger partial charge >= 0.3 is 12.4 Å². The summed E-state index contributed by atoms with van der Waals surface area (Å²) < 4.78 is 96.9. The van der Waals surface area contributed by atoms with Gasteiger partial charge in [0.25, 0.3) is 11.7 Å². The second kappa shape index (κ2) is 12.6. The van der Waals surface area contributed by atoms with Gasteiger partial charge < -0.3 is 15.2 Å². The van der Waals surface area contributed by atoms with Gasteiger partial charge in [0.05, 0.1) is 16.1 Å². The van der Waals surface area contributed by atoms with Crippen LogP contribution in [-0.4, -0.2) is 48.3 Å². The van der Waals surface area contributed by atoms with Crippen LogP contribution in [0, 0.1) is 0 Å². The molecule has 0 aliphatic heterocycles. The number of carbonyl (C=O) groups is 2. The van der Waals surface area contributed by atoms with E-state index in [2.05, 4.69) is 10.4 Å². The number of amides is 1. The minimum Gasteiger partial charge on any atom is -0.542 e. The first-order chi connectivity index (χ1) is 20.3. The van der Waals surface area contributed by atoms with Crippen molar-refractivity contribution >= 4 is 33.2 Å². The molecule has 0 aliphatic carbocycles. The smallest absolute Gasteiger partial charge is 0.435 e. The van der Waals surface area contributed by atoms with E-state index in [-0.39, 0.29) is 27.8 Å². The van der Waals surface area contributed by atoms with E-state index in [0.717, 1.165) is 10.9 Å². The number of nitrogens with one attached hydrogen (secondary N) is 1. The Morgan fingerprint density at radius 3 is 2.05 bits per heavy atom. The Bertz CT molecular complexity index is 1820. The molecule has 232 valence electrons. The number of carboxylic acid groups (broad SMARTS) is 1. The lowest BCUT2D eigenvalue weighted by atomic mass is 10.1. The van der Waals surface area contributed by atoms with Crippen LogP contribution in [-0.2, 0) is 20.8 Å². The van der Waals surface area contributed by atoms with Crippen molar-refractivity contribution in [2.24, 2.45) is 5.73 Å². The predicted octanol–water partition coefficient (Wildman–Crippen LogP) is 1.98. The summed E-state index contributed by atoms with van der Waals surface area (Å²) in [6.45, 7) is 0. The summed E-state index contributed by atoms with van der Waals surface area (Å²) in [5.74, 6) is -3.90. The SMILES string of the molecule is CS(=O)(=O)c1ccccc1-c1ccc(NC(=O)c2cc(C(F)(F)F)nn2-c2cccc(C(N)=[NH2+])c2)cc1.O=C([O-])C(F)(F)F. The maximum Gasteiger partial charge on any atom is 0.435 e. The van der Waals surface area contributed by atoms with E-state index in [9.17, 15) is 39.6 Å². The average molecular weight is 642 g/mol. The highest BCUT2D eigenvalue weighted by atomic mass is 32.2. The molecule has 3 aromatic carbocycles. The highest BCUT2D eigenvalue weighted by Gasteiger charge is 2.36. The summed E-state index contributed by atoms with van der Waals surface area (Å²) in [5, 5.41) is 20.5. The van der Waals surface area contributed by atoms with Crippen molar-refractivity contribution in [3.63, 3.8) is 0 Å². The highest BCUT2D eigenvalue weighted by molar-refractivity contribution is 7.90. The number of aliphatic carboxylic acids is 1. The predicted molar refractivity (Wildman–Crippen MR) is 143 cm³/mol. The zero-order valence-corrected chi connectivity index (χ0v) is 23.1. The maximum absolute atomic E-state index is 13.4. The number of carboxylic acids is 1. The largest absolute Gasteiger partial charge is 0.542 e. The van der Waals surface area contributed by atoms with E-state index in [0.29, 0.717) is 22.8 Å². The number of benzene rings is 3. The Hall–Kier alpha value is -5.19. The molecule has 0 fully saturated rings.